The number of nitrogens with zero attached hydrogens (tertiary/aromatic N) is 4. The number of aromatic nitrogens is 2. The van der Waals surface area contributed by atoms with Crippen LogP contribution in [0.15, 0.2) is 67.0 Å². The molecule has 0 unspecified atom stereocenters. The van der Waals surface area contributed by atoms with E-state index in [1.54, 1.807) is 12.1 Å². The summed E-state index contributed by atoms with van der Waals surface area (Å²) in [7, 11) is 0. The van der Waals surface area contributed by atoms with Gasteiger partial charge in [0.2, 0.25) is 0 Å². The topological polar surface area (TPSA) is 40.9 Å². The van der Waals surface area contributed by atoms with Gasteiger partial charge in [0.15, 0.2) is 0 Å². The number of amides is 1. The molecule has 5 rings (SSSR count). The summed E-state index contributed by atoms with van der Waals surface area (Å²) in [5.41, 5.74) is 3.44. The second-order valence-corrected chi connectivity index (χ2v) is 7.03. The molecule has 5 nitrogen and oxygen atoms in total. The van der Waals surface area contributed by atoms with Crippen LogP contribution in [0.25, 0.3) is 16.6 Å². The molecular weight excluding hydrogens is 355 g/mol. The Morgan fingerprint density at radius 3 is 2.50 bits per heavy atom. The summed E-state index contributed by atoms with van der Waals surface area (Å²) in [5.74, 6) is -0.215. The molecular formula is C22H19FN4O. The zero-order valence-electron chi connectivity index (χ0n) is 15.3. The van der Waals surface area contributed by atoms with Crippen LogP contribution >= 0.6 is 0 Å². The Balaban J connectivity index is 1.35. The number of hydrogen-bond acceptors (Lipinski definition) is 3. The van der Waals surface area contributed by atoms with E-state index in [0.29, 0.717) is 18.7 Å². The van der Waals surface area contributed by atoms with Crippen LogP contribution in [-0.2, 0) is 0 Å². The molecule has 28 heavy (non-hydrogen) atoms. The normalized spacial score (nSPS) is 14.8. The van der Waals surface area contributed by atoms with E-state index in [1.165, 1.54) is 12.1 Å². The van der Waals surface area contributed by atoms with Gasteiger partial charge in [0, 0.05) is 49.6 Å². The number of fused-ring (bicyclic) bond motifs is 3. The second-order valence-electron chi connectivity index (χ2n) is 7.03. The minimum atomic E-state index is -0.237. The first-order valence-electron chi connectivity index (χ1n) is 9.35. The second kappa shape index (κ2) is 6.64. The zero-order chi connectivity index (χ0) is 19.1. The summed E-state index contributed by atoms with van der Waals surface area (Å²) in [6.07, 6.45) is 3.71. The summed E-state index contributed by atoms with van der Waals surface area (Å²) in [6, 6.07) is 16.4. The van der Waals surface area contributed by atoms with Crippen LogP contribution in [0.5, 0.6) is 0 Å². The van der Waals surface area contributed by atoms with Crippen LogP contribution in [0, 0.1) is 5.82 Å². The highest BCUT2D eigenvalue weighted by molar-refractivity contribution is 5.96. The first-order valence-corrected chi connectivity index (χ1v) is 9.35. The summed E-state index contributed by atoms with van der Waals surface area (Å²) >= 11 is 0. The molecule has 0 spiro atoms. The van der Waals surface area contributed by atoms with Gasteiger partial charge in [0.1, 0.15) is 11.5 Å². The van der Waals surface area contributed by atoms with Crippen molar-refractivity contribution in [1.29, 1.82) is 0 Å². The lowest BCUT2D eigenvalue weighted by Gasteiger charge is -2.36. The van der Waals surface area contributed by atoms with Crippen LogP contribution < -0.4 is 4.90 Å². The van der Waals surface area contributed by atoms with Crippen molar-refractivity contribution in [3.05, 3.63) is 78.4 Å². The smallest absolute Gasteiger partial charge is 0.255 e. The average molecular weight is 374 g/mol. The Morgan fingerprint density at radius 1 is 0.964 bits per heavy atom. The Morgan fingerprint density at radius 2 is 1.71 bits per heavy atom. The Labute approximate surface area is 161 Å². The highest BCUT2D eigenvalue weighted by Crippen LogP contribution is 2.20. The van der Waals surface area contributed by atoms with Crippen molar-refractivity contribution < 1.29 is 9.18 Å². The predicted octanol–water partition coefficient (Wildman–Crippen LogP) is 3.59. The first kappa shape index (κ1) is 16.7. The molecule has 4 aromatic rings. The first-order chi connectivity index (χ1) is 13.7. The van der Waals surface area contributed by atoms with Gasteiger partial charge in [-0.1, -0.05) is 18.2 Å². The van der Waals surface area contributed by atoms with Gasteiger partial charge in [-0.15, -0.1) is 0 Å². The van der Waals surface area contributed by atoms with Gasteiger partial charge in [-0.3, -0.25) is 4.79 Å². The summed E-state index contributed by atoms with van der Waals surface area (Å²) < 4.78 is 15.1. The molecule has 0 aliphatic carbocycles. The molecule has 0 saturated carbocycles. The fourth-order valence-electron chi connectivity index (χ4n) is 3.81. The van der Waals surface area contributed by atoms with E-state index >= 15 is 0 Å². The Hall–Kier alpha value is -3.41. The predicted molar refractivity (Wildman–Crippen MR) is 107 cm³/mol. The molecule has 0 atom stereocenters. The van der Waals surface area contributed by atoms with Gasteiger partial charge >= 0.3 is 0 Å². The van der Waals surface area contributed by atoms with Gasteiger partial charge in [-0.2, -0.15) is 0 Å². The van der Waals surface area contributed by atoms with E-state index in [0.717, 1.165) is 35.3 Å². The molecule has 140 valence electrons. The van der Waals surface area contributed by atoms with Crippen molar-refractivity contribution in [2.24, 2.45) is 0 Å². The van der Waals surface area contributed by atoms with Crippen molar-refractivity contribution in [3.63, 3.8) is 0 Å². The minimum Gasteiger partial charge on any atom is -0.368 e. The van der Waals surface area contributed by atoms with Gasteiger partial charge in [0.25, 0.3) is 5.91 Å². The van der Waals surface area contributed by atoms with Gasteiger partial charge < -0.3 is 14.2 Å². The molecule has 1 aliphatic rings. The number of benzene rings is 2. The molecule has 2 aromatic carbocycles. The number of carbonyl (C=O) groups is 1. The van der Waals surface area contributed by atoms with Crippen molar-refractivity contribution in [2.45, 2.75) is 0 Å². The summed E-state index contributed by atoms with van der Waals surface area (Å²) in [5, 5.41) is 1.04. The number of piperazine rings is 1. The maximum Gasteiger partial charge on any atom is 0.255 e. The highest BCUT2D eigenvalue weighted by Gasteiger charge is 2.23. The van der Waals surface area contributed by atoms with Crippen molar-refractivity contribution in [2.75, 3.05) is 31.1 Å². The number of halogens is 1. The molecule has 2 aromatic heterocycles. The molecule has 1 amide bonds. The molecule has 1 saturated heterocycles. The number of rotatable bonds is 2. The Kier molecular flexibility index (Phi) is 3.97. The van der Waals surface area contributed by atoms with E-state index in [2.05, 4.69) is 9.88 Å². The van der Waals surface area contributed by atoms with Gasteiger partial charge in [-0.05, 0) is 36.4 Å². The van der Waals surface area contributed by atoms with E-state index in [1.807, 2.05) is 52.0 Å². The third-order valence-electron chi connectivity index (χ3n) is 5.34. The van der Waals surface area contributed by atoms with Gasteiger partial charge in [-0.25, -0.2) is 9.37 Å². The largest absolute Gasteiger partial charge is 0.368 e. The number of para-hydroxylation sites is 1. The fourth-order valence-corrected chi connectivity index (χ4v) is 3.81. The Bertz CT molecular complexity index is 1160. The van der Waals surface area contributed by atoms with E-state index < -0.39 is 0 Å². The molecule has 1 aliphatic heterocycles. The van der Waals surface area contributed by atoms with Crippen LogP contribution in [0.4, 0.5) is 10.1 Å². The molecule has 0 radical (unpaired) electrons. The van der Waals surface area contributed by atoms with Crippen molar-refractivity contribution in [1.82, 2.24) is 14.3 Å². The number of carbonyl (C=O) groups excluding carboxylic acids is 1. The number of anilines is 1. The zero-order valence-corrected chi connectivity index (χ0v) is 15.3. The maximum atomic E-state index is 13.1. The van der Waals surface area contributed by atoms with Crippen molar-refractivity contribution >= 4 is 28.1 Å². The fraction of sp³-hybridized carbons (Fsp3) is 0.182. The lowest BCUT2D eigenvalue weighted by molar-refractivity contribution is 0.0747. The SMILES string of the molecule is O=C(c1cc2ncc3ccccc3n2c1)N1CCN(c2ccc(F)cc2)CC1. The molecule has 1 fully saturated rings. The summed E-state index contributed by atoms with van der Waals surface area (Å²) in [4.78, 5) is 21.5. The van der Waals surface area contributed by atoms with Gasteiger partial charge in [0.05, 0.1) is 11.1 Å². The molecule has 6 heteroatoms. The van der Waals surface area contributed by atoms with Crippen molar-refractivity contribution in [3.8, 4) is 0 Å². The quantitative estimate of drug-likeness (QED) is 0.538. The minimum absolute atomic E-state index is 0.0216. The summed E-state index contributed by atoms with van der Waals surface area (Å²) in [6.45, 7) is 2.73. The average Bonchev–Trinajstić information content (AvgIpc) is 3.19. The monoisotopic (exact) mass is 374 g/mol. The maximum absolute atomic E-state index is 13.1. The third-order valence-corrected chi connectivity index (χ3v) is 5.34. The molecule has 0 N–H and O–H groups in total. The number of hydrogen-bond donors (Lipinski definition) is 0. The van der Waals surface area contributed by atoms with E-state index in [9.17, 15) is 9.18 Å². The standard InChI is InChI=1S/C22H19FN4O/c23-18-5-7-19(8-6-18)25-9-11-26(12-10-25)22(28)17-13-21-24-14-16-3-1-2-4-20(16)27(21)15-17/h1-8,13-15H,9-12H2. The highest BCUT2D eigenvalue weighted by atomic mass is 19.1. The van der Waals surface area contributed by atoms with Crippen LogP contribution in [0.2, 0.25) is 0 Å². The van der Waals surface area contributed by atoms with Crippen LogP contribution in [0.1, 0.15) is 10.4 Å². The van der Waals surface area contributed by atoms with Crippen LogP contribution in [-0.4, -0.2) is 46.4 Å². The molecule has 3 heterocycles. The van der Waals surface area contributed by atoms with E-state index in [-0.39, 0.29) is 11.7 Å². The lowest BCUT2D eigenvalue weighted by atomic mass is 10.2. The third kappa shape index (κ3) is 2.87. The van der Waals surface area contributed by atoms with E-state index in [4.69, 9.17) is 0 Å². The van der Waals surface area contributed by atoms with Crippen LogP contribution in [0.3, 0.4) is 0 Å². The lowest BCUT2D eigenvalue weighted by Crippen LogP contribution is -2.48. The molecule has 0 bridgehead atoms.